The number of nitrogens with two attached hydrogens (primary N) is 1. The Labute approximate surface area is 129 Å². The highest BCUT2D eigenvalue weighted by Crippen LogP contribution is 2.38. The van der Waals surface area contributed by atoms with Gasteiger partial charge in [0.15, 0.2) is 5.82 Å². The highest BCUT2D eigenvalue weighted by atomic mass is 35.5. The molecule has 0 bridgehead atoms. The normalized spacial score (nSPS) is 26.0. The molecule has 1 aliphatic carbocycles. The predicted octanol–water partition coefficient (Wildman–Crippen LogP) is 3.57. The summed E-state index contributed by atoms with van der Waals surface area (Å²) in [6.45, 7) is 4.62. The van der Waals surface area contributed by atoms with E-state index in [2.05, 4.69) is 29.4 Å². The van der Waals surface area contributed by atoms with E-state index in [1.807, 2.05) is 10.7 Å². The number of anilines is 1. The van der Waals surface area contributed by atoms with Gasteiger partial charge >= 0.3 is 0 Å². The Bertz CT molecular complexity index is 639. The van der Waals surface area contributed by atoms with Crippen LogP contribution in [0.5, 0.6) is 0 Å². The third-order valence-corrected chi connectivity index (χ3v) is 4.97. The fourth-order valence-electron chi connectivity index (χ4n) is 3.07. The van der Waals surface area contributed by atoms with Crippen molar-refractivity contribution in [3.8, 4) is 11.4 Å². The molecule has 3 rings (SSSR count). The van der Waals surface area contributed by atoms with Crippen molar-refractivity contribution in [2.45, 2.75) is 39.2 Å². The standard InChI is InChI=1S/C15H20ClN5/c1-9-3-5-12(7-10(9)2)21-15(18-19-20-21)13-8-11(17)4-6-14(13)16/h4,6,8-10,12H,3,5,7,17H2,1-2H3. The van der Waals surface area contributed by atoms with Gasteiger partial charge in [-0.15, -0.1) is 5.10 Å². The van der Waals surface area contributed by atoms with Crippen molar-refractivity contribution in [1.29, 1.82) is 0 Å². The van der Waals surface area contributed by atoms with Crippen molar-refractivity contribution < 1.29 is 0 Å². The first-order valence-corrected chi connectivity index (χ1v) is 7.77. The van der Waals surface area contributed by atoms with E-state index in [0.717, 1.165) is 24.3 Å². The molecule has 0 amide bonds. The summed E-state index contributed by atoms with van der Waals surface area (Å²) < 4.78 is 1.92. The Morgan fingerprint density at radius 3 is 2.81 bits per heavy atom. The number of nitrogen functional groups attached to an aromatic ring is 1. The Balaban J connectivity index is 1.96. The number of rotatable bonds is 2. The maximum absolute atomic E-state index is 6.29. The number of hydrogen-bond donors (Lipinski definition) is 1. The van der Waals surface area contributed by atoms with E-state index < -0.39 is 0 Å². The first-order valence-electron chi connectivity index (χ1n) is 7.39. The fraction of sp³-hybridized carbons (Fsp3) is 0.533. The summed E-state index contributed by atoms with van der Waals surface area (Å²) in [7, 11) is 0. The lowest BCUT2D eigenvalue weighted by Crippen LogP contribution is -2.24. The summed E-state index contributed by atoms with van der Waals surface area (Å²) >= 11 is 6.29. The molecule has 1 aliphatic rings. The van der Waals surface area contributed by atoms with Crippen LogP contribution in [0.3, 0.4) is 0 Å². The van der Waals surface area contributed by atoms with Crippen LogP contribution < -0.4 is 5.73 Å². The molecule has 3 atom stereocenters. The zero-order valence-electron chi connectivity index (χ0n) is 12.3. The van der Waals surface area contributed by atoms with Gasteiger partial charge in [-0.05, 0) is 59.7 Å². The second-order valence-electron chi connectivity index (χ2n) is 6.11. The van der Waals surface area contributed by atoms with Gasteiger partial charge in [-0.2, -0.15) is 0 Å². The van der Waals surface area contributed by atoms with Gasteiger partial charge in [0.2, 0.25) is 0 Å². The topological polar surface area (TPSA) is 69.6 Å². The van der Waals surface area contributed by atoms with Gasteiger partial charge in [0.1, 0.15) is 0 Å². The van der Waals surface area contributed by atoms with Crippen LogP contribution in [0.15, 0.2) is 18.2 Å². The second kappa shape index (κ2) is 5.64. The van der Waals surface area contributed by atoms with Crippen LogP contribution in [0, 0.1) is 11.8 Å². The summed E-state index contributed by atoms with van der Waals surface area (Å²) in [6, 6.07) is 5.74. The summed E-state index contributed by atoms with van der Waals surface area (Å²) in [4.78, 5) is 0. The molecule has 0 saturated heterocycles. The van der Waals surface area contributed by atoms with Crippen LogP contribution >= 0.6 is 11.6 Å². The molecule has 6 heteroatoms. The largest absolute Gasteiger partial charge is 0.399 e. The number of halogens is 1. The summed E-state index contributed by atoms with van der Waals surface area (Å²) in [5.74, 6) is 2.15. The summed E-state index contributed by atoms with van der Waals surface area (Å²) in [6.07, 6.45) is 3.40. The van der Waals surface area contributed by atoms with Gasteiger partial charge in [0, 0.05) is 11.3 Å². The van der Waals surface area contributed by atoms with Crippen LogP contribution in [-0.2, 0) is 0 Å². The second-order valence-corrected chi connectivity index (χ2v) is 6.51. The van der Waals surface area contributed by atoms with Gasteiger partial charge in [0.05, 0.1) is 11.1 Å². The van der Waals surface area contributed by atoms with Gasteiger partial charge < -0.3 is 5.73 Å². The molecule has 3 unspecified atom stereocenters. The molecule has 1 aromatic heterocycles. The molecule has 21 heavy (non-hydrogen) atoms. The molecule has 1 fully saturated rings. The van der Waals surface area contributed by atoms with Crippen LogP contribution in [0.2, 0.25) is 5.02 Å². The van der Waals surface area contributed by atoms with Gasteiger partial charge in [-0.25, -0.2) is 4.68 Å². The van der Waals surface area contributed by atoms with E-state index in [4.69, 9.17) is 17.3 Å². The minimum absolute atomic E-state index is 0.332. The van der Waals surface area contributed by atoms with Crippen molar-refractivity contribution in [3.05, 3.63) is 23.2 Å². The molecular formula is C15H20ClN5. The molecule has 1 aromatic carbocycles. The zero-order chi connectivity index (χ0) is 15.0. The van der Waals surface area contributed by atoms with E-state index >= 15 is 0 Å². The van der Waals surface area contributed by atoms with Crippen molar-refractivity contribution in [2.24, 2.45) is 11.8 Å². The average Bonchev–Trinajstić information content (AvgIpc) is 2.93. The Morgan fingerprint density at radius 1 is 1.24 bits per heavy atom. The number of benzene rings is 1. The van der Waals surface area contributed by atoms with Gasteiger partial charge in [-0.3, -0.25) is 0 Å². The SMILES string of the molecule is CC1CCC(n2nnnc2-c2cc(N)ccc2Cl)CC1C. The van der Waals surface area contributed by atoms with E-state index in [9.17, 15) is 0 Å². The van der Waals surface area contributed by atoms with Crippen molar-refractivity contribution in [1.82, 2.24) is 20.2 Å². The molecule has 1 saturated carbocycles. The molecule has 5 nitrogen and oxygen atoms in total. The molecule has 112 valence electrons. The lowest BCUT2D eigenvalue weighted by atomic mass is 9.79. The third kappa shape index (κ3) is 2.75. The van der Waals surface area contributed by atoms with E-state index in [1.54, 1.807) is 12.1 Å². The van der Waals surface area contributed by atoms with Crippen molar-refractivity contribution in [2.75, 3.05) is 5.73 Å². The molecule has 1 heterocycles. The third-order valence-electron chi connectivity index (χ3n) is 4.64. The molecule has 0 radical (unpaired) electrons. The van der Waals surface area contributed by atoms with Crippen molar-refractivity contribution >= 4 is 17.3 Å². The average molecular weight is 306 g/mol. The molecule has 2 N–H and O–H groups in total. The lowest BCUT2D eigenvalue weighted by Gasteiger charge is -2.32. The van der Waals surface area contributed by atoms with Gasteiger partial charge in [0.25, 0.3) is 0 Å². The van der Waals surface area contributed by atoms with Crippen LogP contribution in [-0.4, -0.2) is 20.2 Å². The highest BCUT2D eigenvalue weighted by Gasteiger charge is 2.28. The van der Waals surface area contributed by atoms with Crippen LogP contribution in [0.4, 0.5) is 5.69 Å². The minimum atomic E-state index is 0.332. The number of tetrazole rings is 1. The minimum Gasteiger partial charge on any atom is -0.399 e. The van der Waals surface area contributed by atoms with Gasteiger partial charge in [-0.1, -0.05) is 25.4 Å². The van der Waals surface area contributed by atoms with Crippen LogP contribution in [0.25, 0.3) is 11.4 Å². The summed E-state index contributed by atoms with van der Waals surface area (Å²) in [5, 5.41) is 12.8. The van der Waals surface area contributed by atoms with Crippen LogP contribution in [0.1, 0.15) is 39.2 Å². The monoisotopic (exact) mass is 305 g/mol. The Morgan fingerprint density at radius 2 is 2.05 bits per heavy atom. The van der Waals surface area contributed by atoms with E-state index in [1.165, 1.54) is 6.42 Å². The summed E-state index contributed by atoms with van der Waals surface area (Å²) in [5.41, 5.74) is 7.33. The highest BCUT2D eigenvalue weighted by molar-refractivity contribution is 6.33. The van der Waals surface area contributed by atoms with E-state index in [-0.39, 0.29) is 0 Å². The number of aromatic nitrogens is 4. The zero-order valence-corrected chi connectivity index (χ0v) is 13.1. The quantitative estimate of drug-likeness (QED) is 0.861. The lowest BCUT2D eigenvalue weighted by molar-refractivity contribution is 0.200. The predicted molar refractivity (Wildman–Crippen MR) is 83.9 cm³/mol. The van der Waals surface area contributed by atoms with Crippen molar-refractivity contribution in [3.63, 3.8) is 0 Å². The maximum atomic E-state index is 6.29. The molecule has 0 spiro atoms. The Kier molecular flexibility index (Phi) is 3.85. The fourth-order valence-corrected chi connectivity index (χ4v) is 3.27. The number of nitrogens with zero attached hydrogens (tertiary/aromatic N) is 4. The molecule has 2 aromatic rings. The van der Waals surface area contributed by atoms with E-state index in [0.29, 0.717) is 28.5 Å². The first kappa shape index (κ1) is 14.3. The molecule has 0 aliphatic heterocycles. The number of hydrogen-bond acceptors (Lipinski definition) is 4. The maximum Gasteiger partial charge on any atom is 0.183 e. The molecular weight excluding hydrogens is 286 g/mol. The smallest absolute Gasteiger partial charge is 0.183 e. The first-order chi connectivity index (χ1) is 10.1. The Hall–Kier alpha value is -1.62.